The van der Waals surface area contributed by atoms with E-state index < -0.39 is 0 Å². The van der Waals surface area contributed by atoms with Crippen molar-refractivity contribution in [3.63, 3.8) is 0 Å². The van der Waals surface area contributed by atoms with Crippen molar-refractivity contribution in [3.8, 4) is 5.75 Å². The molecule has 0 saturated heterocycles. The molecule has 0 bridgehead atoms. The highest BCUT2D eigenvalue weighted by Crippen LogP contribution is 2.38. The van der Waals surface area contributed by atoms with Crippen molar-refractivity contribution < 1.29 is 5.11 Å². The Morgan fingerprint density at radius 1 is 1.17 bits per heavy atom. The van der Waals surface area contributed by atoms with Gasteiger partial charge in [0.2, 0.25) is 0 Å². The van der Waals surface area contributed by atoms with Gasteiger partial charge in [0.25, 0.3) is 0 Å². The zero-order valence-corrected chi connectivity index (χ0v) is 13.9. The molecular weight excluding hydrogens is 300 g/mol. The first kappa shape index (κ1) is 14.8. The number of phenolic OH excluding ortho intramolecular Hbond substituents is 1. The molecule has 2 aromatic carbocycles. The summed E-state index contributed by atoms with van der Waals surface area (Å²) in [7, 11) is 0. The van der Waals surface area contributed by atoms with E-state index in [0.717, 1.165) is 46.2 Å². The van der Waals surface area contributed by atoms with Crippen molar-refractivity contribution in [1.29, 1.82) is 0 Å². The first-order valence-corrected chi connectivity index (χ1v) is 8.12. The van der Waals surface area contributed by atoms with E-state index >= 15 is 0 Å². The summed E-state index contributed by atoms with van der Waals surface area (Å²) in [6.07, 6.45) is 0.810. The van der Waals surface area contributed by atoms with Crippen LogP contribution < -0.4 is 10.6 Å². The minimum absolute atomic E-state index is 0.327. The van der Waals surface area contributed by atoms with Crippen LogP contribution in [-0.4, -0.2) is 21.6 Å². The van der Waals surface area contributed by atoms with Crippen LogP contribution >= 0.6 is 0 Å². The number of hydrogen-bond acceptors (Lipinski definition) is 5. The highest BCUT2D eigenvalue weighted by molar-refractivity contribution is 5.97. The number of nitrogen functional groups attached to an aromatic ring is 1. The number of aryl methyl sites for hydroxylation is 1. The van der Waals surface area contributed by atoms with E-state index in [1.165, 1.54) is 0 Å². The van der Waals surface area contributed by atoms with E-state index in [1.54, 1.807) is 0 Å². The Bertz CT molecular complexity index is 952. The molecule has 0 saturated carbocycles. The highest BCUT2D eigenvalue weighted by Gasteiger charge is 2.24. The maximum Gasteiger partial charge on any atom is 0.130 e. The van der Waals surface area contributed by atoms with Crippen molar-refractivity contribution in [2.75, 3.05) is 17.2 Å². The molecule has 2 heterocycles. The summed E-state index contributed by atoms with van der Waals surface area (Å²) in [6.45, 7) is 5.34. The lowest BCUT2D eigenvalue weighted by molar-refractivity contribution is 0.471. The van der Waals surface area contributed by atoms with Gasteiger partial charge in [0.05, 0.1) is 17.9 Å². The first-order valence-electron chi connectivity index (χ1n) is 8.12. The zero-order chi connectivity index (χ0) is 16.8. The molecular formula is C19H20N4O. The quantitative estimate of drug-likeness (QED) is 0.720. The van der Waals surface area contributed by atoms with Crippen LogP contribution in [0.5, 0.6) is 5.75 Å². The molecule has 5 heteroatoms. The number of fused-ring (bicyclic) bond motifs is 2. The van der Waals surface area contributed by atoms with Gasteiger partial charge in [-0.3, -0.25) is 0 Å². The van der Waals surface area contributed by atoms with Gasteiger partial charge in [-0.05, 0) is 31.7 Å². The first-order chi connectivity index (χ1) is 11.5. The topological polar surface area (TPSA) is 75.3 Å². The Kier molecular flexibility index (Phi) is 3.30. The molecule has 5 nitrogen and oxygen atoms in total. The summed E-state index contributed by atoms with van der Waals surface area (Å²) < 4.78 is 0. The fourth-order valence-electron chi connectivity index (χ4n) is 3.60. The van der Waals surface area contributed by atoms with Crippen LogP contribution in [0.4, 0.5) is 11.5 Å². The normalized spacial score (nSPS) is 14.0. The number of anilines is 2. The van der Waals surface area contributed by atoms with E-state index in [0.29, 0.717) is 23.9 Å². The average Bonchev–Trinajstić information content (AvgIpc) is 2.55. The van der Waals surface area contributed by atoms with E-state index in [-0.39, 0.29) is 0 Å². The lowest BCUT2D eigenvalue weighted by atomic mass is 9.99. The molecule has 3 N–H and O–H groups in total. The molecule has 1 aliphatic rings. The van der Waals surface area contributed by atoms with Crippen molar-refractivity contribution >= 4 is 22.3 Å². The number of phenols is 1. The zero-order valence-electron chi connectivity index (χ0n) is 13.9. The smallest absolute Gasteiger partial charge is 0.130 e. The number of aromatic hydroxyl groups is 1. The Balaban J connectivity index is 1.86. The summed E-state index contributed by atoms with van der Waals surface area (Å²) in [5.41, 5.74) is 10.1. The largest absolute Gasteiger partial charge is 0.508 e. The molecule has 0 aliphatic carbocycles. The van der Waals surface area contributed by atoms with Gasteiger partial charge in [-0.2, -0.15) is 0 Å². The van der Waals surface area contributed by atoms with Gasteiger partial charge in [0, 0.05) is 23.1 Å². The second kappa shape index (κ2) is 5.37. The van der Waals surface area contributed by atoms with Gasteiger partial charge in [-0.25, -0.2) is 9.97 Å². The predicted molar refractivity (Wildman–Crippen MR) is 96.3 cm³/mol. The van der Waals surface area contributed by atoms with Crippen molar-refractivity contribution in [3.05, 3.63) is 53.0 Å². The Labute approximate surface area is 140 Å². The van der Waals surface area contributed by atoms with Crippen molar-refractivity contribution in [2.24, 2.45) is 0 Å². The third-order valence-electron chi connectivity index (χ3n) is 4.77. The second-order valence-corrected chi connectivity index (χ2v) is 6.34. The monoisotopic (exact) mass is 320 g/mol. The van der Waals surface area contributed by atoms with Gasteiger partial charge in [-0.15, -0.1) is 0 Å². The third kappa shape index (κ3) is 2.24. The van der Waals surface area contributed by atoms with Crippen LogP contribution in [0, 0.1) is 13.8 Å². The lowest BCUT2D eigenvalue weighted by Gasteiger charge is -2.32. The molecule has 0 spiro atoms. The van der Waals surface area contributed by atoms with Crippen LogP contribution in [-0.2, 0) is 13.0 Å². The Morgan fingerprint density at radius 2 is 1.96 bits per heavy atom. The highest BCUT2D eigenvalue weighted by atomic mass is 16.3. The van der Waals surface area contributed by atoms with E-state index in [9.17, 15) is 5.11 Å². The average molecular weight is 320 g/mol. The molecule has 3 aromatic rings. The summed E-state index contributed by atoms with van der Waals surface area (Å²) in [4.78, 5) is 11.1. The maximum absolute atomic E-state index is 10.3. The lowest BCUT2D eigenvalue weighted by Crippen LogP contribution is -2.32. The molecule has 0 radical (unpaired) electrons. The third-order valence-corrected chi connectivity index (χ3v) is 4.77. The predicted octanol–water partition coefficient (Wildman–Crippen LogP) is 3.10. The van der Waals surface area contributed by atoms with E-state index in [4.69, 9.17) is 5.73 Å². The van der Waals surface area contributed by atoms with Crippen molar-refractivity contribution in [1.82, 2.24) is 9.97 Å². The minimum Gasteiger partial charge on any atom is -0.508 e. The van der Waals surface area contributed by atoms with Crippen LogP contribution in [0.15, 0.2) is 30.3 Å². The Morgan fingerprint density at radius 3 is 2.79 bits per heavy atom. The second-order valence-electron chi connectivity index (χ2n) is 6.34. The van der Waals surface area contributed by atoms with Crippen LogP contribution in [0.3, 0.4) is 0 Å². The summed E-state index contributed by atoms with van der Waals surface area (Å²) in [6, 6.07) is 9.98. The number of nitrogens with zero attached hydrogens (tertiary/aromatic N) is 3. The number of nitrogens with two attached hydrogens (primary N) is 1. The van der Waals surface area contributed by atoms with Crippen molar-refractivity contribution in [2.45, 2.75) is 26.8 Å². The maximum atomic E-state index is 10.3. The number of hydrogen-bond donors (Lipinski definition) is 2. The van der Waals surface area contributed by atoms with Crippen LogP contribution in [0.25, 0.3) is 10.8 Å². The van der Waals surface area contributed by atoms with Gasteiger partial charge in [0.15, 0.2) is 0 Å². The van der Waals surface area contributed by atoms with E-state index in [2.05, 4.69) is 20.9 Å². The Hall–Kier alpha value is -2.82. The fraction of sp³-hybridized carbons (Fsp3) is 0.263. The van der Waals surface area contributed by atoms with E-state index in [1.807, 2.05) is 38.1 Å². The van der Waals surface area contributed by atoms with Crippen LogP contribution in [0.2, 0.25) is 0 Å². The van der Waals surface area contributed by atoms with Gasteiger partial charge >= 0.3 is 0 Å². The number of aromatic nitrogens is 2. The molecule has 24 heavy (non-hydrogen) atoms. The molecule has 0 atom stereocenters. The SMILES string of the molecule is Cc1nc(N)c2c(n1)CN(c1c(C)c(O)cc3ccccc13)CC2. The summed E-state index contributed by atoms with van der Waals surface area (Å²) >= 11 is 0. The summed E-state index contributed by atoms with van der Waals surface area (Å²) in [5.74, 6) is 1.62. The molecule has 122 valence electrons. The number of rotatable bonds is 1. The molecule has 0 amide bonds. The molecule has 0 fully saturated rings. The van der Waals surface area contributed by atoms with Gasteiger partial charge < -0.3 is 15.7 Å². The summed E-state index contributed by atoms with van der Waals surface area (Å²) in [5, 5.41) is 12.5. The molecule has 0 unspecified atom stereocenters. The van der Waals surface area contributed by atoms with Gasteiger partial charge in [0.1, 0.15) is 17.4 Å². The molecule has 4 rings (SSSR count). The fourth-order valence-corrected chi connectivity index (χ4v) is 3.60. The standard InChI is InChI=1S/C19H20N4O/c1-11-17(24)9-13-5-3-4-6-14(13)18(11)23-8-7-15-16(10-23)21-12(2)22-19(15)20/h3-6,9,24H,7-8,10H2,1-2H3,(H2,20,21,22). The molecule has 1 aromatic heterocycles. The number of benzene rings is 2. The molecule has 1 aliphatic heterocycles. The van der Waals surface area contributed by atoms with Gasteiger partial charge in [-0.1, -0.05) is 24.3 Å². The minimum atomic E-state index is 0.327. The van der Waals surface area contributed by atoms with Crippen LogP contribution in [0.1, 0.15) is 22.6 Å².